The van der Waals surface area contributed by atoms with Gasteiger partial charge in [-0.1, -0.05) is 0 Å². The van der Waals surface area contributed by atoms with Crippen molar-refractivity contribution in [1.29, 1.82) is 0 Å². The van der Waals surface area contributed by atoms with Crippen molar-refractivity contribution < 1.29 is 9.59 Å². The molecule has 3 atom stereocenters. The van der Waals surface area contributed by atoms with Gasteiger partial charge >= 0.3 is 0 Å². The number of piperidine rings is 1. The molecule has 3 aromatic rings. The van der Waals surface area contributed by atoms with Crippen LogP contribution in [0.1, 0.15) is 42.6 Å². The van der Waals surface area contributed by atoms with Gasteiger partial charge in [-0.2, -0.15) is 0 Å². The molecular weight excluding hydrogens is 406 g/mol. The third kappa shape index (κ3) is 4.00. The van der Waals surface area contributed by atoms with E-state index in [1.165, 1.54) is 0 Å². The van der Waals surface area contributed by atoms with E-state index in [1.807, 2.05) is 24.3 Å². The first-order chi connectivity index (χ1) is 15.6. The zero-order valence-corrected chi connectivity index (χ0v) is 17.8. The van der Waals surface area contributed by atoms with Gasteiger partial charge in [-0.15, -0.1) is 0 Å². The number of aromatic nitrogens is 2. The van der Waals surface area contributed by atoms with Gasteiger partial charge < -0.3 is 25.5 Å². The lowest BCUT2D eigenvalue weighted by Crippen LogP contribution is -2.50. The third-order valence-corrected chi connectivity index (χ3v) is 6.63. The summed E-state index contributed by atoms with van der Waals surface area (Å²) in [5.41, 5.74) is 1.42. The summed E-state index contributed by atoms with van der Waals surface area (Å²) in [7, 11) is 0. The first-order valence-electron chi connectivity index (χ1n) is 11.2. The Balaban J connectivity index is 1.17. The summed E-state index contributed by atoms with van der Waals surface area (Å²) >= 11 is 0. The number of fused-ring (bicyclic) bond motifs is 3. The highest BCUT2D eigenvalue weighted by atomic mass is 16.2. The van der Waals surface area contributed by atoms with E-state index in [4.69, 9.17) is 0 Å². The van der Waals surface area contributed by atoms with Crippen molar-refractivity contribution in [2.45, 2.75) is 50.2 Å². The molecule has 1 aromatic carbocycles. The summed E-state index contributed by atoms with van der Waals surface area (Å²) in [6.45, 7) is 0.338. The van der Waals surface area contributed by atoms with Crippen LogP contribution in [0.5, 0.6) is 0 Å². The molecule has 0 aliphatic carbocycles. The molecule has 0 saturated carbocycles. The zero-order chi connectivity index (χ0) is 22.1. The highest BCUT2D eigenvalue weighted by molar-refractivity contribution is 5.92. The monoisotopic (exact) mass is 433 g/mol. The van der Waals surface area contributed by atoms with Gasteiger partial charge in [0, 0.05) is 54.6 Å². The SMILES string of the molecule is O=C(NCCC(=O)N1[C@@H]2CC[C@H]1CC(Nc1ccc3c(=O)[nH]ccc3c1)C2)c1ccc[nH]1. The molecule has 0 radical (unpaired) electrons. The second-order valence-corrected chi connectivity index (χ2v) is 8.70. The molecule has 4 heterocycles. The molecule has 0 spiro atoms. The lowest BCUT2D eigenvalue weighted by atomic mass is 9.96. The second-order valence-electron chi connectivity index (χ2n) is 8.70. The van der Waals surface area contributed by atoms with E-state index in [9.17, 15) is 14.4 Å². The molecule has 1 unspecified atom stereocenters. The number of carbonyl (C=O) groups is 2. The number of amides is 2. The van der Waals surface area contributed by atoms with E-state index >= 15 is 0 Å². The van der Waals surface area contributed by atoms with Gasteiger partial charge in [-0.05, 0) is 67.5 Å². The molecule has 166 valence electrons. The molecule has 2 bridgehead atoms. The van der Waals surface area contributed by atoms with Crippen molar-refractivity contribution in [2.75, 3.05) is 11.9 Å². The Morgan fingerprint density at radius 1 is 1.03 bits per heavy atom. The molecule has 2 amide bonds. The summed E-state index contributed by atoms with van der Waals surface area (Å²) in [4.78, 5) is 44.4. The minimum atomic E-state index is -0.189. The lowest BCUT2D eigenvalue weighted by molar-refractivity contribution is -0.135. The fourth-order valence-corrected chi connectivity index (χ4v) is 5.20. The van der Waals surface area contributed by atoms with Crippen molar-refractivity contribution in [2.24, 2.45) is 0 Å². The number of anilines is 1. The molecule has 8 nitrogen and oxygen atoms in total. The van der Waals surface area contributed by atoms with Gasteiger partial charge in [0.2, 0.25) is 5.91 Å². The minimum absolute atomic E-state index is 0.0806. The number of hydrogen-bond donors (Lipinski definition) is 4. The standard InChI is InChI=1S/C24H27N5O3/c30-22(8-11-27-24(32)21-2-1-9-25-21)29-18-4-5-19(29)14-17(13-18)28-16-3-6-20-15(12-16)7-10-26-23(20)31/h1-3,6-7,9-10,12,17-19,25,28H,4-5,8,11,13-14H2,(H,26,31)(H,27,32)/t17?,18-,19+. The van der Waals surface area contributed by atoms with Crippen LogP contribution in [-0.2, 0) is 4.79 Å². The van der Waals surface area contributed by atoms with Crippen molar-refractivity contribution in [1.82, 2.24) is 20.2 Å². The number of aromatic amines is 2. The molecule has 2 aliphatic heterocycles. The fourth-order valence-electron chi connectivity index (χ4n) is 5.20. The van der Waals surface area contributed by atoms with Gasteiger partial charge in [-0.25, -0.2) is 0 Å². The van der Waals surface area contributed by atoms with Gasteiger partial charge in [0.1, 0.15) is 5.69 Å². The number of nitrogens with zero attached hydrogens (tertiary/aromatic N) is 1. The van der Waals surface area contributed by atoms with Crippen LogP contribution in [0, 0.1) is 0 Å². The van der Waals surface area contributed by atoms with Gasteiger partial charge in [0.15, 0.2) is 0 Å². The van der Waals surface area contributed by atoms with Crippen LogP contribution in [0.15, 0.2) is 53.6 Å². The Hall–Kier alpha value is -3.55. The predicted molar refractivity (Wildman–Crippen MR) is 123 cm³/mol. The van der Waals surface area contributed by atoms with Gasteiger partial charge in [-0.3, -0.25) is 14.4 Å². The van der Waals surface area contributed by atoms with Crippen LogP contribution in [0.25, 0.3) is 10.8 Å². The predicted octanol–water partition coefficient (Wildman–Crippen LogP) is 2.61. The Kier molecular flexibility index (Phi) is 5.43. The van der Waals surface area contributed by atoms with E-state index in [2.05, 4.69) is 25.5 Å². The molecule has 2 saturated heterocycles. The summed E-state index contributed by atoms with van der Waals surface area (Å²) in [5.74, 6) is -0.0706. The van der Waals surface area contributed by atoms with Crippen LogP contribution in [0.3, 0.4) is 0 Å². The van der Waals surface area contributed by atoms with E-state index < -0.39 is 0 Å². The maximum Gasteiger partial charge on any atom is 0.267 e. The van der Waals surface area contributed by atoms with E-state index in [1.54, 1.807) is 24.5 Å². The third-order valence-electron chi connectivity index (χ3n) is 6.63. The summed E-state index contributed by atoms with van der Waals surface area (Å²) in [6.07, 6.45) is 7.55. The smallest absolute Gasteiger partial charge is 0.267 e. The first-order valence-corrected chi connectivity index (χ1v) is 11.2. The summed E-state index contributed by atoms with van der Waals surface area (Å²) in [6, 6.07) is 12.0. The van der Waals surface area contributed by atoms with Crippen molar-refractivity contribution in [3.8, 4) is 0 Å². The first kappa shape index (κ1) is 20.4. The van der Waals surface area contributed by atoms with Crippen molar-refractivity contribution in [3.63, 3.8) is 0 Å². The van der Waals surface area contributed by atoms with Crippen LogP contribution in [0.2, 0.25) is 0 Å². The largest absolute Gasteiger partial charge is 0.382 e. The van der Waals surface area contributed by atoms with E-state index in [0.717, 1.165) is 36.8 Å². The number of H-pyrrole nitrogens is 2. The normalized spacial score (nSPS) is 22.1. The average molecular weight is 434 g/mol. The minimum Gasteiger partial charge on any atom is -0.382 e. The number of pyridine rings is 1. The number of carbonyl (C=O) groups excluding carboxylic acids is 2. The molecule has 4 N–H and O–H groups in total. The van der Waals surface area contributed by atoms with Crippen LogP contribution >= 0.6 is 0 Å². The maximum absolute atomic E-state index is 12.9. The molecule has 8 heteroatoms. The lowest BCUT2D eigenvalue weighted by Gasteiger charge is -2.39. The Morgan fingerprint density at radius 3 is 2.59 bits per heavy atom. The number of nitrogens with one attached hydrogen (secondary N) is 4. The molecule has 5 rings (SSSR count). The fraction of sp³-hybridized carbons (Fsp3) is 0.375. The van der Waals surface area contributed by atoms with Crippen LogP contribution < -0.4 is 16.2 Å². The molecule has 32 heavy (non-hydrogen) atoms. The summed E-state index contributed by atoms with van der Waals surface area (Å²) < 4.78 is 0. The zero-order valence-electron chi connectivity index (χ0n) is 17.8. The highest BCUT2D eigenvalue weighted by Crippen LogP contribution is 2.37. The molecular formula is C24H27N5O3. The van der Waals surface area contributed by atoms with Gasteiger partial charge in [0.25, 0.3) is 11.5 Å². The Labute approximate surface area is 185 Å². The van der Waals surface area contributed by atoms with Crippen LogP contribution in [-0.4, -0.2) is 51.4 Å². The van der Waals surface area contributed by atoms with Crippen molar-refractivity contribution in [3.05, 3.63) is 64.8 Å². The number of rotatable bonds is 6. The molecule has 2 fully saturated rings. The average Bonchev–Trinajstić information content (AvgIpc) is 3.41. The maximum atomic E-state index is 12.9. The van der Waals surface area contributed by atoms with E-state index in [0.29, 0.717) is 30.1 Å². The number of hydrogen-bond acceptors (Lipinski definition) is 4. The second kappa shape index (κ2) is 8.53. The summed E-state index contributed by atoms with van der Waals surface area (Å²) in [5, 5.41) is 8.02. The Bertz CT molecular complexity index is 1170. The highest BCUT2D eigenvalue weighted by Gasteiger charge is 2.42. The molecule has 2 aliphatic rings. The molecule has 2 aromatic heterocycles. The van der Waals surface area contributed by atoms with E-state index in [-0.39, 0.29) is 29.5 Å². The topological polar surface area (TPSA) is 110 Å². The Morgan fingerprint density at radius 2 is 1.84 bits per heavy atom. The van der Waals surface area contributed by atoms with Crippen molar-refractivity contribution >= 4 is 28.3 Å². The number of benzene rings is 1. The van der Waals surface area contributed by atoms with Crippen LogP contribution in [0.4, 0.5) is 5.69 Å². The van der Waals surface area contributed by atoms with Gasteiger partial charge in [0.05, 0.1) is 0 Å². The quantitative estimate of drug-likeness (QED) is 0.479.